The Labute approximate surface area is 365 Å². The molecule has 1 unspecified atom stereocenters. The van der Waals surface area contributed by atoms with Crippen molar-refractivity contribution in [3.8, 4) is 0 Å². The molecule has 0 aliphatic carbocycles. The first-order valence-electron chi connectivity index (χ1n) is 25.5. The SMILES string of the molecule is CCCC/C=C\CCCCCCC(=O)OCC(COC(=O)CCCCCCCCCCCCCCCCCC)OC(=O)CCCCCCCC/C=C\C=C/CCCCC. The van der Waals surface area contributed by atoms with Gasteiger partial charge in [-0.2, -0.15) is 0 Å². The molecule has 0 bridgehead atoms. The third kappa shape index (κ3) is 46.5. The summed E-state index contributed by atoms with van der Waals surface area (Å²) >= 11 is 0. The summed E-state index contributed by atoms with van der Waals surface area (Å²) in [5.41, 5.74) is 0. The molecule has 0 N–H and O–H groups in total. The number of carbonyl (C=O) groups excluding carboxylic acids is 3. The highest BCUT2D eigenvalue weighted by Crippen LogP contribution is 2.15. The monoisotopic (exact) mass is 829 g/mol. The normalized spacial score (nSPS) is 12.3. The topological polar surface area (TPSA) is 78.9 Å². The molecule has 0 saturated carbocycles. The van der Waals surface area contributed by atoms with Crippen LogP contribution in [0.5, 0.6) is 0 Å². The molecule has 0 amide bonds. The number of ether oxygens (including phenoxy) is 3. The van der Waals surface area contributed by atoms with Crippen molar-refractivity contribution in [1.29, 1.82) is 0 Å². The quantitative estimate of drug-likeness (QED) is 0.0200. The first-order valence-corrected chi connectivity index (χ1v) is 25.5. The minimum atomic E-state index is -0.778. The highest BCUT2D eigenvalue weighted by atomic mass is 16.6. The molecule has 0 radical (unpaired) electrons. The van der Waals surface area contributed by atoms with Gasteiger partial charge in [-0.25, -0.2) is 0 Å². The number of carbonyl (C=O) groups is 3. The molecule has 6 heteroatoms. The Bertz CT molecular complexity index is 1000. The van der Waals surface area contributed by atoms with Crippen LogP contribution in [-0.2, 0) is 28.6 Å². The van der Waals surface area contributed by atoms with Crippen LogP contribution < -0.4 is 0 Å². The van der Waals surface area contributed by atoms with Crippen molar-refractivity contribution in [1.82, 2.24) is 0 Å². The van der Waals surface area contributed by atoms with Crippen LogP contribution >= 0.6 is 0 Å². The minimum Gasteiger partial charge on any atom is -0.462 e. The standard InChI is InChI=1S/C53H96O6/c1-4-7-10-13-16-19-22-24-26-28-29-31-34-37-40-43-46-52(55)58-49-50(48-57-51(54)45-42-39-36-33-21-18-15-12-9-6-3)59-53(56)47-44-41-38-35-32-30-27-25-23-20-17-14-11-8-5-2/h15,17-18,20,23,25,50H,4-14,16,19,21-22,24,26-49H2,1-3H3/b18-15-,20-17-,25-23-. The molecule has 1 atom stereocenters. The zero-order chi connectivity index (χ0) is 43.0. The zero-order valence-electron chi connectivity index (χ0n) is 39.3. The van der Waals surface area contributed by atoms with Gasteiger partial charge < -0.3 is 14.2 Å². The predicted octanol–water partition coefficient (Wildman–Crippen LogP) is 16.5. The Morgan fingerprint density at radius 3 is 1.03 bits per heavy atom. The van der Waals surface area contributed by atoms with E-state index in [0.717, 1.165) is 83.5 Å². The summed E-state index contributed by atoms with van der Waals surface area (Å²) in [6.45, 7) is 6.56. The van der Waals surface area contributed by atoms with E-state index in [0.29, 0.717) is 19.3 Å². The highest BCUT2D eigenvalue weighted by molar-refractivity contribution is 5.71. The maximum atomic E-state index is 12.8. The van der Waals surface area contributed by atoms with Crippen molar-refractivity contribution in [3.05, 3.63) is 36.5 Å². The lowest BCUT2D eigenvalue weighted by atomic mass is 10.0. The van der Waals surface area contributed by atoms with Gasteiger partial charge in [0.2, 0.25) is 0 Å². The molecule has 59 heavy (non-hydrogen) atoms. The van der Waals surface area contributed by atoms with E-state index in [2.05, 4.69) is 57.2 Å². The van der Waals surface area contributed by atoms with Crippen LogP contribution in [0, 0.1) is 0 Å². The van der Waals surface area contributed by atoms with Gasteiger partial charge in [0, 0.05) is 19.3 Å². The fourth-order valence-electron chi connectivity index (χ4n) is 7.24. The molecule has 0 fully saturated rings. The number of allylic oxidation sites excluding steroid dienone is 6. The molecule has 344 valence electrons. The number of hydrogen-bond donors (Lipinski definition) is 0. The third-order valence-electron chi connectivity index (χ3n) is 11.1. The molecule has 0 spiro atoms. The largest absolute Gasteiger partial charge is 0.462 e. The molecule has 0 rings (SSSR count). The summed E-state index contributed by atoms with van der Waals surface area (Å²) in [4.78, 5) is 37.9. The molecular weight excluding hydrogens is 733 g/mol. The van der Waals surface area contributed by atoms with Gasteiger partial charge in [-0.05, 0) is 64.2 Å². The summed E-state index contributed by atoms with van der Waals surface area (Å²) in [6.07, 6.45) is 55.5. The van der Waals surface area contributed by atoms with E-state index in [9.17, 15) is 14.4 Å². The van der Waals surface area contributed by atoms with E-state index >= 15 is 0 Å². The lowest BCUT2D eigenvalue weighted by molar-refractivity contribution is -0.167. The summed E-state index contributed by atoms with van der Waals surface area (Å²) in [7, 11) is 0. The maximum absolute atomic E-state index is 12.8. The van der Waals surface area contributed by atoms with Gasteiger partial charge in [-0.3, -0.25) is 14.4 Å². The fourth-order valence-corrected chi connectivity index (χ4v) is 7.24. The van der Waals surface area contributed by atoms with E-state index < -0.39 is 6.10 Å². The van der Waals surface area contributed by atoms with E-state index in [1.807, 2.05) is 0 Å². The Hall–Kier alpha value is -2.37. The first kappa shape index (κ1) is 56.6. The molecular formula is C53H96O6. The molecule has 0 saturated heterocycles. The summed E-state index contributed by atoms with van der Waals surface area (Å²) in [6, 6.07) is 0. The first-order chi connectivity index (χ1) is 29.0. The van der Waals surface area contributed by atoms with Crippen molar-refractivity contribution < 1.29 is 28.6 Å². The second-order valence-electron chi connectivity index (χ2n) is 17.1. The van der Waals surface area contributed by atoms with Crippen molar-refractivity contribution in [3.63, 3.8) is 0 Å². The lowest BCUT2D eigenvalue weighted by Gasteiger charge is -2.18. The third-order valence-corrected chi connectivity index (χ3v) is 11.1. The van der Waals surface area contributed by atoms with E-state index in [1.54, 1.807) is 0 Å². The molecule has 0 aromatic rings. The second kappa shape index (κ2) is 48.3. The number of unbranched alkanes of at least 4 members (excludes halogenated alkanes) is 30. The van der Waals surface area contributed by atoms with Gasteiger partial charge in [0.25, 0.3) is 0 Å². The average molecular weight is 829 g/mol. The number of hydrogen-bond acceptors (Lipinski definition) is 6. The van der Waals surface area contributed by atoms with Gasteiger partial charge >= 0.3 is 17.9 Å². The zero-order valence-corrected chi connectivity index (χ0v) is 39.3. The summed E-state index contributed by atoms with van der Waals surface area (Å²) < 4.78 is 16.8. The Kier molecular flexibility index (Phi) is 46.4. The maximum Gasteiger partial charge on any atom is 0.306 e. The van der Waals surface area contributed by atoms with Crippen molar-refractivity contribution in [2.75, 3.05) is 13.2 Å². The molecule has 0 aliphatic rings. The Morgan fingerprint density at radius 2 is 0.627 bits per heavy atom. The number of rotatable bonds is 46. The Balaban J connectivity index is 4.34. The summed E-state index contributed by atoms with van der Waals surface area (Å²) in [5.74, 6) is -0.895. The Morgan fingerprint density at radius 1 is 0.339 bits per heavy atom. The summed E-state index contributed by atoms with van der Waals surface area (Å²) in [5, 5.41) is 0. The second-order valence-corrected chi connectivity index (χ2v) is 17.1. The minimum absolute atomic E-state index is 0.0778. The van der Waals surface area contributed by atoms with Crippen LogP contribution in [0.4, 0.5) is 0 Å². The van der Waals surface area contributed by atoms with Crippen molar-refractivity contribution in [2.45, 2.75) is 271 Å². The smallest absolute Gasteiger partial charge is 0.306 e. The van der Waals surface area contributed by atoms with Gasteiger partial charge in [-0.15, -0.1) is 0 Å². The van der Waals surface area contributed by atoms with Crippen LogP contribution in [0.3, 0.4) is 0 Å². The van der Waals surface area contributed by atoms with E-state index in [-0.39, 0.29) is 31.1 Å². The van der Waals surface area contributed by atoms with Gasteiger partial charge in [0.1, 0.15) is 13.2 Å². The molecule has 0 aromatic carbocycles. The predicted molar refractivity (Wildman–Crippen MR) is 252 cm³/mol. The van der Waals surface area contributed by atoms with Crippen molar-refractivity contribution >= 4 is 17.9 Å². The van der Waals surface area contributed by atoms with Gasteiger partial charge in [0.05, 0.1) is 0 Å². The molecule has 0 aliphatic heterocycles. The van der Waals surface area contributed by atoms with Gasteiger partial charge in [-0.1, -0.05) is 218 Å². The fraction of sp³-hybridized carbons (Fsp3) is 0.830. The highest BCUT2D eigenvalue weighted by Gasteiger charge is 2.19. The molecule has 0 aromatic heterocycles. The van der Waals surface area contributed by atoms with Crippen LogP contribution in [0.2, 0.25) is 0 Å². The van der Waals surface area contributed by atoms with E-state index in [1.165, 1.54) is 141 Å². The van der Waals surface area contributed by atoms with Crippen LogP contribution in [0.25, 0.3) is 0 Å². The van der Waals surface area contributed by atoms with Crippen LogP contribution in [0.15, 0.2) is 36.5 Å². The molecule has 6 nitrogen and oxygen atoms in total. The van der Waals surface area contributed by atoms with Crippen LogP contribution in [0.1, 0.15) is 265 Å². The van der Waals surface area contributed by atoms with Gasteiger partial charge in [0.15, 0.2) is 6.10 Å². The van der Waals surface area contributed by atoms with Crippen LogP contribution in [-0.4, -0.2) is 37.2 Å². The average Bonchev–Trinajstić information content (AvgIpc) is 3.23. The molecule has 0 heterocycles. The number of esters is 3. The van der Waals surface area contributed by atoms with E-state index in [4.69, 9.17) is 14.2 Å². The van der Waals surface area contributed by atoms with Crippen molar-refractivity contribution in [2.24, 2.45) is 0 Å². The lowest BCUT2D eigenvalue weighted by Crippen LogP contribution is -2.30.